The molecule has 1 heterocycles. The number of Topliss-reactive ketones (excluding diaryl/α,β-unsaturated/α-hetero) is 1. The normalized spacial score (nSPS) is 17.6. The van der Waals surface area contributed by atoms with Crippen LogP contribution in [-0.4, -0.2) is 35.4 Å². The number of hydrogen-bond acceptors (Lipinski definition) is 5. The van der Waals surface area contributed by atoms with E-state index >= 15 is 0 Å². The summed E-state index contributed by atoms with van der Waals surface area (Å²) in [5.74, 6) is -0.520. The summed E-state index contributed by atoms with van der Waals surface area (Å²) in [4.78, 5) is 23.3. The number of rotatable bonds is 5. The van der Waals surface area contributed by atoms with E-state index in [-0.39, 0.29) is 24.3 Å². The molecule has 0 spiro atoms. The lowest BCUT2D eigenvalue weighted by Gasteiger charge is -2.22. The molecule has 0 bridgehead atoms. The van der Waals surface area contributed by atoms with Gasteiger partial charge in [-0.3, -0.25) is 9.59 Å². The van der Waals surface area contributed by atoms with Gasteiger partial charge >= 0.3 is 5.97 Å². The maximum absolute atomic E-state index is 11.7. The molecule has 0 saturated heterocycles. The molecule has 0 aliphatic carbocycles. The molecule has 6 heteroatoms. The van der Waals surface area contributed by atoms with Crippen LogP contribution in [0, 0.1) is 5.92 Å². The summed E-state index contributed by atoms with van der Waals surface area (Å²) < 4.78 is 10.4. The van der Waals surface area contributed by atoms with Crippen molar-refractivity contribution in [3.8, 4) is 11.5 Å². The molecule has 0 aromatic heterocycles. The number of halogens is 1. The average molecular weight is 329 g/mol. The van der Waals surface area contributed by atoms with Gasteiger partial charge in [-0.05, 0) is 18.1 Å². The van der Waals surface area contributed by atoms with Gasteiger partial charge in [0.05, 0.1) is 11.9 Å². The van der Waals surface area contributed by atoms with Gasteiger partial charge in [0.25, 0.3) is 0 Å². The van der Waals surface area contributed by atoms with Gasteiger partial charge in [0.2, 0.25) is 0 Å². The van der Waals surface area contributed by atoms with Crippen LogP contribution in [0.1, 0.15) is 5.56 Å². The van der Waals surface area contributed by atoms with Crippen LogP contribution in [0.15, 0.2) is 18.2 Å². The summed E-state index contributed by atoms with van der Waals surface area (Å²) in [5, 5.41) is 8.82. The molecule has 1 aromatic carbocycles. The van der Waals surface area contributed by atoms with Crippen molar-refractivity contribution in [3.05, 3.63) is 23.8 Å². The molecule has 1 N–H and O–H groups in total. The summed E-state index contributed by atoms with van der Waals surface area (Å²) in [6.45, 7) is 0.0934. The second-order valence-electron chi connectivity index (χ2n) is 4.12. The van der Waals surface area contributed by atoms with Gasteiger partial charge in [-0.1, -0.05) is 22.0 Å². The smallest absolute Gasteiger partial charge is 0.322 e. The molecule has 0 saturated carbocycles. The molecule has 2 rings (SSSR count). The highest BCUT2D eigenvalue weighted by molar-refractivity contribution is 9.09. The third-order valence-corrected chi connectivity index (χ3v) is 3.39. The fraction of sp³-hybridized carbons (Fsp3) is 0.385. The number of ketones is 1. The number of ether oxygens (including phenoxy) is 2. The van der Waals surface area contributed by atoms with Crippen LogP contribution < -0.4 is 9.47 Å². The molecule has 102 valence electrons. The molecule has 0 fully saturated rings. The van der Waals surface area contributed by atoms with Gasteiger partial charge in [-0.2, -0.15) is 0 Å². The second-order valence-corrected chi connectivity index (χ2v) is 4.68. The van der Waals surface area contributed by atoms with Crippen molar-refractivity contribution in [1.29, 1.82) is 0 Å². The lowest BCUT2D eigenvalue weighted by molar-refractivity contribution is -0.144. The van der Waals surface area contributed by atoms with Gasteiger partial charge in [-0.25, -0.2) is 0 Å². The summed E-state index contributed by atoms with van der Waals surface area (Å²) in [6.07, 6.45) is 0.346. The van der Waals surface area contributed by atoms with Crippen LogP contribution in [0.4, 0.5) is 0 Å². The van der Waals surface area contributed by atoms with E-state index in [4.69, 9.17) is 14.6 Å². The molecule has 1 aromatic rings. The highest BCUT2D eigenvalue weighted by Crippen LogP contribution is 2.32. The van der Waals surface area contributed by atoms with Crippen molar-refractivity contribution in [2.75, 3.05) is 18.5 Å². The zero-order valence-corrected chi connectivity index (χ0v) is 11.7. The number of carbonyl (C=O) groups excluding carboxylic acids is 2. The lowest BCUT2D eigenvalue weighted by Crippen LogP contribution is -2.34. The molecule has 1 atom stereocenters. The minimum atomic E-state index is -0.740. The number of aliphatic hydroxyl groups excluding tert-OH is 1. The third-order valence-electron chi connectivity index (χ3n) is 2.84. The zero-order valence-electron chi connectivity index (χ0n) is 10.1. The maximum atomic E-state index is 11.7. The Labute approximate surface area is 118 Å². The highest BCUT2D eigenvalue weighted by Gasteiger charge is 2.33. The molecule has 1 aliphatic rings. The van der Waals surface area contributed by atoms with E-state index in [0.29, 0.717) is 17.9 Å². The first-order chi connectivity index (χ1) is 9.15. The number of esters is 1. The zero-order chi connectivity index (χ0) is 13.8. The van der Waals surface area contributed by atoms with Gasteiger partial charge in [-0.15, -0.1) is 0 Å². The van der Waals surface area contributed by atoms with Gasteiger partial charge in [0, 0.05) is 6.07 Å². The fourth-order valence-electron chi connectivity index (χ4n) is 1.87. The number of benzene rings is 1. The van der Waals surface area contributed by atoms with Crippen LogP contribution in [-0.2, 0) is 16.0 Å². The van der Waals surface area contributed by atoms with E-state index < -0.39 is 11.9 Å². The van der Waals surface area contributed by atoms with Crippen LogP contribution in [0.25, 0.3) is 0 Å². The number of alkyl halides is 1. The van der Waals surface area contributed by atoms with Crippen molar-refractivity contribution in [2.45, 2.75) is 6.42 Å². The fourth-order valence-corrected chi connectivity index (χ4v) is 2.26. The Morgan fingerprint density at radius 1 is 1.53 bits per heavy atom. The third kappa shape index (κ3) is 3.13. The number of hydrogen-bond donors (Lipinski definition) is 1. The lowest BCUT2D eigenvalue weighted by atomic mass is 9.93. The van der Waals surface area contributed by atoms with Gasteiger partial charge in [0.1, 0.15) is 24.0 Å². The van der Waals surface area contributed by atoms with Crippen LogP contribution in [0.2, 0.25) is 0 Å². The molecular formula is C13H13BrO5. The number of fused-ring (bicyclic) bond motifs is 1. The molecule has 0 amide bonds. The first-order valence-electron chi connectivity index (χ1n) is 5.82. The Balaban J connectivity index is 2.18. The van der Waals surface area contributed by atoms with E-state index in [1.165, 1.54) is 0 Å². The minimum absolute atomic E-state index is 0.0846. The van der Waals surface area contributed by atoms with Crippen LogP contribution >= 0.6 is 15.9 Å². The molecule has 5 nitrogen and oxygen atoms in total. The topological polar surface area (TPSA) is 72.8 Å². The van der Waals surface area contributed by atoms with E-state index in [1.54, 1.807) is 18.2 Å². The van der Waals surface area contributed by atoms with Gasteiger partial charge in [0.15, 0.2) is 5.78 Å². The van der Waals surface area contributed by atoms with Crippen molar-refractivity contribution >= 4 is 27.7 Å². The summed E-state index contributed by atoms with van der Waals surface area (Å²) in [5.41, 5.74) is 0.801. The Kier molecular flexibility index (Phi) is 4.55. The van der Waals surface area contributed by atoms with E-state index in [9.17, 15) is 9.59 Å². The molecule has 0 radical (unpaired) electrons. The number of carbonyl (C=O) groups is 2. The van der Waals surface area contributed by atoms with Crippen molar-refractivity contribution in [2.24, 2.45) is 5.92 Å². The summed E-state index contributed by atoms with van der Waals surface area (Å²) >= 11 is 3.06. The second kappa shape index (κ2) is 6.16. The predicted octanol–water partition coefficient (Wildman–Crippen LogP) is 1.10. The van der Waals surface area contributed by atoms with E-state index in [0.717, 1.165) is 5.56 Å². The Hall–Kier alpha value is -1.40. The molecule has 1 unspecified atom stereocenters. The Morgan fingerprint density at radius 2 is 2.32 bits per heavy atom. The molecule has 19 heavy (non-hydrogen) atoms. The standard InChI is InChI=1S/C13H13BrO5/c14-7-11(16)10-5-8-1-2-9(18-4-3-15)6-12(8)19-13(10)17/h1-2,6,10,15H,3-5,7H2. The largest absolute Gasteiger partial charge is 0.491 e. The Morgan fingerprint density at radius 3 is 3.00 bits per heavy atom. The first kappa shape index (κ1) is 14.0. The summed E-state index contributed by atoms with van der Waals surface area (Å²) in [7, 11) is 0. The monoisotopic (exact) mass is 328 g/mol. The van der Waals surface area contributed by atoms with Gasteiger partial charge < -0.3 is 14.6 Å². The van der Waals surface area contributed by atoms with E-state index in [1.807, 2.05) is 0 Å². The quantitative estimate of drug-likeness (QED) is 0.379. The number of aliphatic hydroxyl groups is 1. The maximum Gasteiger partial charge on any atom is 0.322 e. The Bertz CT molecular complexity index is 500. The predicted molar refractivity (Wildman–Crippen MR) is 70.7 cm³/mol. The minimum Gasteiger partial charge on any atom is -0.491 e. The highest BCUT2D eigenvalue weighted by atomic mass is 79.9. The average Bonchev–Trinajstić information content (AvgIpc) is 2.43. The van der Waals surface area contributed by atoms with Crippen molar-refractivity contribution in [3.63, 3.8) is 0 Å². The first-order valence-corrected chi connectivity index (χ1v) is 6.94. The summed E-state index contributed by atoms with van der Waals surface area (Å²) in [6, 6.07) is 5.09. The van der Waals surface area contributed by atoms with Crippen molar-refractivity contribution in [1.82, 2.24) is 0 Å². The molecule has 1 aliphatic heterocycles. The van der Waals surface area contributed by atoms with Crippen LogP contribution in [0.5, 0.6) is 11.5 Å². The van der Waals surface area contributed by atoms with Crippen molar-refractivity contribution < 1.29 is 24.2 Å². The SMILES string of the molecule is O=C(CBr)C1Cc2ccc(OCCO)cc2OC1=O. The molecular weight excluding hydrogens is 316 g/mol. The van der Waals surface area contributed by atoms with Crippen LogP contribution in [0.3, 0.4) is 0 Å². The van der Waals surface area contributed by atoms with E-state index in [2.05, 4.69) is 15.9 Å².